The third kappa shape index (κ3) is 5.85. The Morgan fingerprint density at radius 1 is 1.12 bits per heavy atom. The highest BCUT2D eigenvalue weighted by molar-refractivity contribution is 5.76. The number of hydrogen-bond donors (Lipinski definition) is 1. The predicted molar refractivity (Wildman–Crippen MR) is 93.7 cm³/mol. The first-order valence-corrected chi connectivity index (χ1v) is 8.39. The maximum atomic E-state index is 13.1. The van der Waals surface area contributed by atoms with E-state index in [4.69, 9.17) is 4.74 Å². The second-order valence-electron chi connectivity index (χ2n) is 6.14. The van der Waals surface area contributed by atoms with Crippen LogP contribution in [-0.4, -0.2) is 19.1 Å². The first-order chi connectivity index (χ1) is 12.0. The van der Waals surface area contributed by atoms with Gasteiger partial charge in [-0.05, 0) is 41.7 Å². The van der Waals surface area contributed by atoms with E-state index in [-0.39, 0.29) is 12.3 Å². The third-order valence-corrected chi connectivity index (χ3v) is 3.85. The van der Waals surface area contributed by atoms with Crippen LogP contribution in [0.15, 0.2) is 42.5 Å². The Kier molecular flexibility index (Phi) is 6.92. The molecule has 3 nitrogen and oxygen atoms in total. The average Bonchev–Trinajstić information content (AvgIpc) is 2.60. The number of carbonyl (C=O) groups excluding carboxylic acids is 1. The molecule has 0 aliphatic rings. The summed E-state index contributed by atoms with van der Waals surface area (Å²) in [5.41, 5.74) is 1.73. The van der Waals surface area contributed by atoms with Crippen molar-refractivity contribution in [2.24, 2.45) is 0 Å². The highest BCUT2D eigenvalue weighted by Gasteiger charge is 2.08. The van der Waals surface area contributed by atoms with Crippen LogP contribution in [0, 0.1) is 11.6 Å². The van der Waals surface area contributed by atoms with E-state index in [1.54, 1.807) is 0 Å². The van der Waals surface area contributed by atoms with Crippen molar-refractivity contribution in [3.05, 3.63) is 65.2 Å². The largest absolute Gasteiger partial charge is 0.491 e. The van der Waals surface area contributed by atoms with E-state index in [9.17, 15) is 13.6 Å². The number of aryl methyl sites for hydroxylation is 1. The molecule has 5 heteroatoms. The smallest absolute Gasteiger partial charge is 0.220 e. The van der Waals surface area contributed by atoms with Gasteiger partial charge in [-0.15, -0.1) is 0 Å². The van der Waals surface area contributed by atoms with Crippen LogP contribution in [0.25, 0.3) is 0 Å². The van der Waals surface area contributed by atoms with Crippen LogP contribution in [0.1, 0.15) is 37.3 Å². The molecule has 0 atom stereocenters. The maximum Gasteiger partial charge on any atom is 0.220 e. The minimum absolute atomic E-state index is 0.148. The summed E-state index contributed by atoms with van der Waals surface area (Å²) in [7, 11) is 0. The zero-order chi connectivity index (χ0) is 18.2. The normalized spacial score (nSPS) is 10.8. The Morgan fingerprint density at radius 2 is 1.88 bits per heavy atom. The Bertz CT molecular complexity index is 717. The van der Waals surface area contributed by atoms with Gasteiger partial charge in [-0.1, -0.05) is 38.1 Å². The minimum Gasteiger partial charge on any atom is -0.491 e. The molecule has 25 heavy (non-hydrogen) atoms. The fourth-order valence-electron chi connectivity index (χ4n) is 2.48. The lowest BCUT2D eigenvalue weighted by Gasteiger charge is -2.14. The molecule has 0 aliphatic heterocycles. The zero-order valence-corrected chi connectivity index (χ0v) is 14.5. The summed E-state index contributed by atoms with van der Waals surface area (Å²) in [6, 6.07) is 11.5. The number of carbonyl (C=O) groups is 1. The molecule has 0 saturated heterocycles. The van der Waals surface area contributed by atoms with E-state index < -0.39 is 11.6 Å². The van der Waals surface area contributed by atoms with Crippen molar-refractivity contribution in [1.82, 2.24) is 5.32 Å². The molecule has 0 heterocycles. The van der Waals surface area contributed by atoms with Crippen LogP contribution in [0.3, 0.4) is 0 Å². The van der Waals surface area contributed by atoms with Gasteiger partial charge >= 0.3 is 0 Å². The number of halogens is 2. The van der Waals surface area contributed by atoms with Crippen LogP contribution in [0.2, 0.25) is 0 Å². The molecule has 134 valence electrons. The lowest BCUT2D eigenvalue weighted by molar-refractivity contribution is -0.121. The SMILES string of the molecule is CC(C)c1ccccc1OCCNC(=O)CCc1ccc(F)c(F)c1. The topological polar surface area (TPSA) is 38.3 Å². The molecule has 0 unspecified atom stereocenters. The number of ether oxygens (including phenoxy) is 1. The molecular formula is C20H23F2NO2. The Hall–Kier alpha value is -2.43. The lowest BCUT2D eigenvalue weighted by Crippen LogP contribution is -2.28. The van der Waals surface area contributed by atoms with E-state index >= 15 is 0 Å². The number of benzene rings is 2. The molecule has 2 aromatic rings. The summed E-state index contributed by atoms with van der Waals surface area (Å²) < 4.78 is 31.7. The van der Waals surface area contributed by atoms with Crippen molar-refractivity contribution in [1.29, 1.82) is 0 Å². The average molecular weight is 347 g/mol. The maximum absolute atomic E-state index is 13.1. The van der Waals surface area contributed by atoms with Crippen molar-refractivity contribution < 1.29 is 18.3 Å². The molecule has 0 aromatic heterocycles. The van der Waals surface area contributed by atoms with Gasteiger partial charge in [0.15, 0.2) is 11.6 Å². The second-order valence-corrected chi connectivity index (χ2v) is 6.14. The molecule has 0 spiro atoms. The van der Waals surface area contributed by atoms with Crippen LogP contribution < -0.4 is 10.1 Å². The van der Waals surface area contributed by atoms with E-state index in [1.165, 1.54) is 6.07 Å². The summed E-state index contributed by atoms with van der Waals surface area (Å²) in [5.74, 6) is -0.733. The van der Waals surface area contributed by atoms with E-state index in [2.05, 4.69) is 19.2 Å². The Morgan fingerprint density at radius 3 is 2.60 bits per heavy atom. The first kappa shape index (κ1) is 18.9. The highest BCUT2D eigenvalue weighted by atomic mass is 19.2. The van der Waals surface area contributed by atoms with Gasteiger partial charge in [0.05, 0.1) is 6.54 Å². The molecule has 0 fully saturated rings. The molecule has 2 rings (SSSR count). The van der Waals surface area contributed by atoms with Crippen LogP contribution >= 0.6 is 0 Å². The number of hydrogen-bond acceptors (Lipinski definition) is 2. The van der Waals surface area contributed by atoms with Crippen molar-refractivity contribution >= 4 is 5.91 Å². The van der Waals surface area contributed by atoms with Gasteiger partial charge in [0.1, 0.15) is 12.4 Å². The number of nitrogens with one attached hydrogen (secondary N) is 1. The molecule has 0 radical (unpaired) electrons. The van der Waals surface area contributed by atoms with Gasteiger partial charge in [0, 0.05) is 6.42 Å². The van der Waals surface area contributed by atoms with Crippen LogP contribution in [0.5, 0.6) is 5.75 Å². The fourth-order valence-corrected chi connectivity index (χ4v) is 2.48. The van der Waals surface area contributed by atoms with Crippen LogP contribution in [-0.2, 0) is 11.2 Å². The lowest BCUT2D eigenvalue weighted by atomic mass is 10.0. The zero-order valence-electron chi connectivity index (χ0n) is 14.5. The third-order valence-electron chi connectivity index (χ3n) is 3.85. The van der Waals surface area contributed by atoms with Crippen molar-refractivity contribution in [2.75, 3.05) is 13.2 Å². The first-order valence-electron chi connectivity index (χ1n) is 8.39. The second kappa shape index (κ2) is 9.16. The highest BCUT2D eigenvalue weighted by Crippen LogP contribution is 2.25. The summed E-state index contributed by atoms with van der Waals surface area (Å²) in [4.78, 5) is 11.8. The van der Waals surface area contributed by atoms with E-state index in [0.29, 0.717) is 31.1 Å². The van der Waals surface area contributed by atoms with Gasteiger partial charge < -0.3 is 10.1 Å². The summed E-state index contributed by atoms with van der Waals surface area (Å²) in [6.07, 6.45) is 0.577. The molecule has 0 aliphatic carbocycles. The van der Waals surface area contributed by atoms with Crippen molar-refractivity contribution in [3.63, 3.8) is 0 Å². The minimum atomic E-state index is -0.893. The van der Waals surface area contributed by atoms with E-state index in [0.717, 1.165) is 23.4 Å². The number of para-hydroxylation sites is 1. The molecule has 0 bridgehead atoms. The molecule has 1 amide bonds. The van der Waals surface area contributed by atoms with Gasteiger partial charge in [0.25, 0.3) is 0 Å². The van der Waals surface area contributed by atoms with E-state index in [1.807, 2.05) is 24.3 Å². The number of amides is 1. The summed E-state index contributed by atoms with van der Waals surface area (Å²) in [6.45, 7) is 4.97. The van der Waals surface area contributed by atoms with Gasteiger partial charge in [-0.25, -0.2) is 8.78 Å². The summed E-state index contributed by atoms with van der Waals surface area (Å²) >= 11 is 0. The van der Waals surface area contributed by atoms with Crippen molar-refractivity contribution in [3.8, 4) is 5.75 Å². The summed E-state index contributed by atoms with van der Waals surface area (Å²) in [5, 5.41) is 2.77. The van der Waals surface area contributed by atoms with Gasteiger partial charge in [-0.2, -0.15) is 0 Å². The Balaban J connectivity index is 1.71. The molecule has 0 saturated carbocycles. The fraction of sp³-hybridized carbons (Fsp3) is 0.350. The molecular weight excluding hydrogens is 324 g/mol. The van der Waals surface area contributed by atoms with Gasteiger partial charge in [0.2, 0.25) is 5.91 Å². The quantitative estimate of drug-likeness (QED) is 0.726. The predicted octanol–water partition coefficient (Wildman–Crippen LogP) is 4.22. The number of rotatable bonds is 8. The standard InChI is InChI=1S/C20H23F2NO2/c1-14(2)16-5-3-4-6-19(16)25-12-11-23-20(24)10-8-15-7-9-17(21)18(22)13-15/h3-7,9,13-14H,8,10-12H2,1-2H3,(H,23,24). The van der Waals surface area contributed by atoms with Gasteiger partial charge in [-0.3, -0.25) is 4.79 Å². The van der Waals surface area contributed by atoms with Crippen molar-refractivity contribution in [2.45, 2.75) is 32.6 Å². The van der Waals surface area contributed by atoms with Crippen LogP contribution in [0.4, 0.5) is 8.78 Å². The molecule has 2 aromatic carbocycles. The monoisotopic (exact) mass is 347 g/mol. The molecule has 1 N–H and O–H groups in total. The Labute approximate surface area is 147 Å².